The molecule has 0 saturated heterocycles. The summed E-state index contributed by atoms with van der Waals surface area (Å²) in [5.41, 5.74) is 0. The summed E-state index contributed by atoms with van der Waals surface area (Å²) in [6, 6.07) is 0. The first-order chi connectivity index (χ1) is 5.67. The van der Waals surface area contributed by atoms with E-state index in [4.69, 9.17) is 0 Å². The lowest BCUT2D eigenvalue weighted by molar-refractivity contribution is -0.158. The summed E-state index contributed by atoms with van der Waals surface area (Å²) in [6.45, 7) is 0. The zero-order valence-electron chi connectivity index (χ0n) is 7.00. The molecule has 70 valence electrons. The number of rotatable bonds is 4. The minimum absolute atomic E-state index is 0.458. The fourth-order valence-electron chi connectivity index (χ4n) is 0.726. The molecule has 0 radical (unpaired) electrons. The van der Waals surface area contributed by atoms with Gasteiger partial charge in [0.15, 0.2) is 5.92 Å². The Morgan fingerprint density at radius 2 is 1.67 bits per heavy atom. The maximum Gasteiger partial charge on any atom is 0.320 e. The molecule has 0 aliphatic carbocycles. The highest BCUT2D eigenvalue weighted by Crippen LogP contribution is 2.09. The summed E-state index contributed by atoms with van der Waals surface area (Å²) in [5.74, 6) is -1.83. The molecule has 0 aromatic carbocycles. The van der Waals surface area contributed by atoms with Crippen LogP contribution in [0.1, 0.15) is 6.42 Å². The first-order valence-electron chi connectivity index (χ1n) is 3.39. The van der Waals surface area contributed by atoms with Gasteiger partial charge >= 0.3 is 11.9 Å². The van der Waals surface area contributed by atoms with Crippen molar-refractivity contribution in [3.63, 3.8) is 0 Å². The van der Waals surface area contributed by atoms with Gasteiger partial charge in [0.25, 0.3) is 0 Å². The van der Waals surface area contributed by atoms with Crippen molar-refractivity contribution < 1.29 is 19.1 Å². The lowest BCUT2D eigenvalue weighted by atomic mass is 10.1. The van der Waals surface area contributed by atoms with E-state index in [0.717, 1.165) is 0 Å². The molecule has 5 heteroatoms. The van der Waals surface area contributed by atoms with Crippen molar-refractivity contribution in [2.24, 2.45) is 5.92 Å². The number of hydrogen-bond donors (Lipinski definition) is 0. The average Bonchev–Trinajstić information content (AvgIpc) is 2.11. The number of esters is 2. The second-order valence-corrected chi connectivity index (χ2v) is 3.16. The number of methoxy groups -OCH3 is 2. The fraction of sp³-hybridized carbons (Fsp3) is 0.714. The van der Waals surface area contributed by atoms with E-state index in [0.29, 0.717) is 10.8 Å². The second kappa shape index (κ2) is 6.22. The van der Waals surface area contributed by atoms with E-state index >= 15 is 0 Å². The number of carbonyl (C=O) groups is 2. The number of carbonyl (C=O) groups excluding carboxylic acids is 2. The van der Waals surface area contributed by atoms with Gasteiger partial charge in [0.05, 0.1) is 14.2 Å². The first-order valence-corrected chi connectivity index (χ1v) is 4.91. The molecule has 0 unspecified atom stereocenters. The summed E-state index contributed by atoms with van der Waals surface area (Å²) in [4.78, 5) is 22.0. The third-order valence-corrected chi connectivity index (χ3v) is 1.99. The van der Waals surface area contributed by atoms with Gasteiger partial charge in [-0.05, 0) is 6.42 Å². The molecule has 0 amide bonds. The van der Waals surface area contributed by atoms with Crippen LogP contribution in [0.4, 0.5) is 0 Å². The Morgan fingerprint density at radius 3 is 1.92 bits per heavy atom. The Hall–Kier alpha value is -0.330. The van der Waals surface area contributed by atoms with Crippen molar-refractivity contribution >= 4 is 34.5 Å². The third-order valence-electron chi connectivity index (χ3n) is 1.37. The van der Waals surface area contributed by atoms with E-state index in [-0.39, 0.29) is 0 Å². The molecule has 0 aromatic rings. The largest absolute Gasteiger partial charge is 0.468 e. The van der Waals surface area contributed by atoms with Gasteiger partial charge in [-0.1, -0.05) is 22.6 Å². The lowest BCUT2D eigenvalue weighted by Gasteiger charge is -2.09. The summed E-state index contributed by atoms with van der Waals surface area (Å²) < 4.78 is 9.60. The van der Waals surface area contributed by atoms with E-state index in [1.807, 2.05) is 0 Å². The van der Waals surface area contributed by atoms with Gasteiger partial charge in [0.2, 0.25) is 0 Å². The van der Waals surface area contributed by atoms with Crippen LogP contribution in [0.25, 0.3) is 0 Å². The minimum Gasteiger partial charge on any atom is -0.468 e. The lowest BCUT2D eigenvalue weighted by Crippen LogP contribution is -2.26. The normalized spacial score (nSPS) is 9.67. The van der Waals surface area contributed by atoms with Crippen LogP contribution in [0.2, 0.25) is 0 Å². The third kappa shape index (κ3) is 3.38. The molecule has 0 N–H and O–H groups in total. The Balaban J connectivity index is 4.21. The highest BCUT2D eigenvalue weighted by Gasteiger charge is 2.27. The van der Waals surface area contributed by atoms with E-state index < -0.39 is 17.9 Å². The van der Waals surface area contributed by atoms with Gasteiger partial charge in [-0.15, -0.1) is 0 Å². The first kappa shape index (κ1) is 11.7. The summed E-state index contributed by atoms with van der Waals surface area (Å²) in [5, 5.41) is 0. The molecule has 0 atom stereocenters. The summed E-state index contributed by atoms with van der Waals surface area (Å²) in [7, 11) is 2.51. The zero-order chi connectivity index (χ0) is 9.56. The summed E-state index contributed by atoms with van der Waals surface area (Å²) in [6.07, 6.45) is 0.458. The van der Waals surface area contributed by atoms with E-state index in [9.17, 15) is 9.59 Å². The van der Waals surface area contributed by atoms with Gasteiger partial charge in [-0.3, -0.25) is 9.59 Å². The van der Waals surface area contributed by atoms with Crippen LogP contribution in [-0.2, 0) is 19.1 Å². The number of alkyl halides is 1. The second-order valence-electron chi connectivity index (χ2n) is 2.08. The van der Waals surface area contributed by atoms with E-state index in [2.05, 4.69) is 32.1 Å². The zero-order valence-corrected chi connectivity index (χ0v) is 9.16. The molecule has 0 fully saturated rings. The van der Waals surface area contributed by atoms with Crippen LogP contribution in [0, 0.1) is 5.92 Å². The predicted molar refractivity (Wildman–Crippen MR) is 51.0 cm³/mol. The predicted octanol–water partition coefficient (Wildman–Crippen LogP) is 0.774. The highest BCUT2D eigenvalue weighted by atomic mass is 127. The smallest absolute Gasteiger partial charge is 0.320 e. The van der Waals surface area contributed by atoms with Crippen LogP contribution in [0.5, 0.6) is 0 Å². The Kier molecular flexibility index (Phi) is 6.04. The Bertz CT molecular complexity index is 153. The molecule has 0 aromatic heterocycles. The number of hydrogen-bond acceptors (Lipinski definition) is 4. The minimum atomic E-state index is -0.767. The fourth-order valence-corrected chi connectivity index (χ4v) is 1.35. The van der Waals surface area contributed by atoms with Crippen LogP contribution < -0.4 is 0 Å². The van der Waals surface area contributed by atoms with Crippen LogP contribution in [0.3, 0.4) is 0 Å². The van der Waals surface area contributed by atoms with Crippen molar-refractivity contribution in [2.45, 2.75) is 6.42 Å². The molecular weight excluding hydrogens is 275 g/mol. The highest BCUT2D eigenvalue weighted by molar-refractivity contribution is 14.1. The van der Waals surface area contributed by atoms with Crippen molar-refractivity contribution in [1.29, 1.82) is 0 Å². The monoisotopic (exact) mass is 286 g/mol. The molecule has 0 spiro atoms. The Morgan fingerprint density at radius 1 is 1.25 bits per heavy atom. The standard InChI is InChI=1S/C7H11IO4/c1-11-6(9)5(3-4-8)7(10)12-2/h5H,3-4H2,1-2H3. The van der Waals surface area contributed by atoms with Gasteiger partial charge in [0, 0.05) is 4.43 Å². The molecule has 0 bridgehead atoms. The molecule has 0 rings (SSSR count). The number of ether oxygens (including phenoxy) is 2. The van der Waals surface area contributed by atoms with Crippen molar-refractivity contribution in [2.75, 3.05) is 18.6 Å². The van der Waals surface area contributed by atoms with Gasteiger partial charge in [-0.25, -0.2) is 0 Å². The molecule has 0 aliphatic rings. The molecule has 4 nitrogen and oxygen atoms in total. The Labute approximate surface area is 84.7 Å². The summed E-state index contributed by atoms with van der Waals surface area (Å²) >= 11 is 2.09. The SMILES string of the molecule is COC(=O)C(CCI)C(=O)OC. The number of halogens is 1. The van der Waals surface area contributed by atoms with Crippen LogP contribution in [0.15, 0.2) is 0 Å². The quantitative estimate of drug-likeness (QED) is 0.331. The van der Waals surface area contributed by atoms with E-state index in [1.54, 1.807) is 0 Å². The van der Waals surface area contributed by atoms with Gasteiger partial charge < -0.3 is 9.47 Å². The molecule has 12 heavy (non-hydrogen) atoms. The van der Waals surface area contributed by atoms with Crippen LogP contribution in [-0.4, -0.2) is 30.6 Å². The van der Waals surface area contributed by atoms with Crippen LogP contribution >= 0.6 is 22.6 Å². The average molecular weight is 286 g/mol. The molecular formula is C7H11IO4. The maximum absolute atomic E-state index is 11.0. The van der Waals surface area contributed by atoms with Gasteiger partial charge in [-0.2, -0.15) is 0 Å². The topological polar surface area (TPSA) is 52.6 Å². The molecule has 0 heterocycles. The molecule has 0 aliphatic heterocycles. The van der Waals surface area contributed by atoms with Crippen molar-refractivity contribution in [3.05, 3.63) is 0 Å². The van der Waals surface area contributed by atoms with E-state index in [1.165, 1.54) is 14.2 Å². The van der Waals surface area contributed by atoms with Gasteiger partial charge in [0.1, 0.15) is 0 Å². The van der Waals surface area contributed by atoms with Crippen molar-refractivity contribution in [3.8, 4) is 0 Å². The molecule has 0 saturated carbocycles. The van der Waals surface area contributed by atoms with Crippen molar-refractivity contribution in [1.82, 2.24) is 0 Å². The maximum atomic E-state index is 11.0.